The standard InChI is InChI=1S/C20H35N3O3/c1-18(2,3)26-17(25)22(4)15-5-13-23(14-6-15)16(24)19-7-10-20(21,11-8-19)12-9-19/h15H,5-14,21H2,1-4H3. The smallest absolute Gasteiger partial charge is 0.410 e. The first-order valence-corrected chi connectivity index (χ1v) is 10.1. The predicted molar refractivity (Wildman–Crippen MR) is 101 cm³/mol. The molecule has 2 bridgehead atoms. The zero-order chi connectivity index (χ0) is 19.2. The molecule has 0 spiro atoms. The minimum absolute atomic E-state index is 0.00878. The second-order valence-electron chi connectivity index (χ2n) is 9.76. The highest BCUT2D eigenvalue weighted by molar-refractivity contribution is 5.83. The van der Waals surface area contributed by atoms with Gasteiger partial charge >= 0.3 is 6.09 Å². The van der Waals surface area contributed by atoms with Crippen molar-refractivity contribution in [1.82, 2.24) is 9.80 Å². The van der Waals surface area contributed by atoms with E-state index in [9.17, 15) is 9.59 Å². The van der Waals surface area contributed by atoms with E-state index in [1.807, 2.05) is 25.7 Å². The molecule has 26 heavy (non-hydrogen) atoms. The second kappa shape index (κ2) is 6.70. The molecule has 148 valence electrons. The Morgan fingerprint density at radius 1 is 1.04 bits per heavy atom. The van der Waals surface area contributed by atoms with E-state index in [2.05, 4.69) is 0 Å². The van der Waals surface area contributed by atoms with Crippen LogP contribution >= 0.6 is 0 Å². The maximum absolute atomic E-state index is 13.2. The summed E-state index contributed by atoms with van der Waals surface area (Å²) in [6.07, 6.45) is 7.14. The van der Waals surface area contributed by atoms with Gasteiger partial charge in [-0.15, -0.1) is 0 Å². The molecule has 4 rings (SSSR count). The van der Waals surface area contributed by atoms with Gasteiger partial charge in [0.2, 0.25) is 5.91 Å². The Bertz CT molecular complexity index is 537. The molecular formula is C20H35N3O3. The Morgan fingerprint density at radius 2 is 1.54 bits per heavy atom. The number of rotatable bonds is 2. The van der Waals surface area contributed by atoms with Crippen LogP contribution in [-0.2, 0) is 9.53 Å². The number of ether oxygens (including phenoxy) is 1. The Labute approximate surface area is 157 Å². The molecule has 0 radical (unpaired) electrons. The van der Waals surface area contributed by atoms with Crippen molar-refractivity contribution in [2.24, 2.45) is 11.1 Å². The highest BCUT2D eigenvalue weighted by atomic mass is 16.6. The zero-order valence-corrected chi connectivity index (χ0v) is 16.8. The lowest BCUT2D eigenvalue weighted by Crippen LogP contribution is -2.58. The van der Waals surface area contributed by atoms with Crippen LogP contribution in [0.15, 0.2) is 0 Å². The van der Waals surface area contributed by atoms with Crippen LogP contribution in [0.1, 0.15) is 72.1 Å². The first-order valence-electron chi connectivity index (χ1n) is 10.1. The summed E-state index contributed by atoms with van der Waals surface area (Å²) in [4.78, 5) is 29.2. The van der Waals surface area contributed by atoms with Gasteiger partial charge in [-0.2, -0.15) is 0 Å². The van der Waals surface area contributed by atoms with Gasteiger partial charge in [-0.05, 0) is 72.1 Å². The van der Waals surface area contributed by atoms with Gasteiger partial charge in [0.15, 0.2) is 0 Å². The molecule has 3 aliphatic carbocycles. The lowest BCUT2D eigenvalue weighted by molar-refractivity contribution is -0.150. The Kier molecular flexibility index (Phi) is 5.01. The average Bonchev–Trinajstić information content (AvgIpc) is 2.60. The Morgan fingerprint density at radius 3 is 2.00 bits per heavy atom. The van der Waals surface area contributed by atoms with E-state index >= 15 is 0 Å². The van der Waals surface area contributed by atoms with E-state index in [4.69, 9.17) is 10.5 Å². The largest absolute Gasteiger partial charge is 0.444 e. The normalized spacial score (nSPS) is 32.4. The lowest BCUT2D eigenvalue weighted by Gasteiger charge is -2.52. The molecule has 0 atom stereocenters. The minimum Gasteiger partial charge on any atom is -0.444 e. The van der Waals surface area contributed by atoms with Gasteiger partial charge in [-0.25, -0.2) is 4.79 Å². The maximum atomic E-state index is 13.2. The summed E-state index contributed by atoms with van der Waals surface area (Å²) in [7, 11) is 1.80. The SMILES string of the molecule is CN(C(=O)OC(C)(C)C)C1CCN(C(=O)C23CCC(N)(CC2)CC3)CC1. The number of hydrogen-bond acceptors (Lipinski definition) is 4. The van der Waals surface area contributed by atoms with Crippen LogP contribution in [0.2, 0.25) is 0 Å². The van der Waals surface area contributed by atoms with Crippen molar-refractivity contribution in [1.29, 1.82) is 0 Å². The Balaban J connectivity index is 1.54. The first-order chi connectivity index (χ1) is 12.0. The maximum Gasteiger partial charge on any atom is 0.410 e. The van der Waals surface area contributed by atoms with Crippen molar-refractivity contribution in [3.8, 4) is 0 Å². The van der Waals surface area contributed by atoms with Crippen molar-refractivity contribution in [3.05, 3.63) is 0 Å². The third kappa shape index (κ3) is 3.85. The number of amides is 2. The molecule has 0 aromatic carbocycles. The van der Waals surface area contributed by atoms with Gasteiger partial charge in [0.1, 0.15) is 5.60 Å². The van der Waals surface area contributed by atoms with Gasteiger partial charge in [0.25, 0.3) is 0 Å². The molecule has 3 saturated carbocycles. The minimum atomic E-state index is -0.485. The van der Waals surface area contributed by atoms with Crippen LogP contribution in [0.3, 0.4) is 0 Å². The van der Waals surface area contributed by atoms with Crippen LogP contribution in [0.5, 0.6) is 0 Å². The molecule has 1 heterocycles. The van der Waals surface area contributed by atoms with Gasteiger partial charge < -0.3 is 20.3 Å². The number of fused-ring (bicyclic) bond motifs is 3. The molecule has 4 aliphatic rings. The number of piperidine rings is 1. The van der Waals surface area contributed by atoms with Crippen molar-refractivity contribution in [2.75, 3.05) is 20.1 Å². The van der Waals surface area contributed by atoms with E-state index in [0.717, 1.165) is 64.5 Å². The monoisotopic (exact) mass is 365 g/mol. The molecule has 2 N–H and O–H groups in total. The molecule has 0 aromatic rings. The topological polar surface area (TPSA) is 75.9 Å². The van der Waals surface area contributed by atoms with Crippen LogP contribution in [-0.4, -0.2) is 59.1 Å². The summed E-state index contributed by atoms with van der Waals surface area (Å²) >= 11 is 0. The Hall–Kier alpha value is -1.30. The fourth-order valence-corrected chi connectivity index (χ4v) is 4.81. The molecule has 0 unspecified atom stereocenters. The highest BCUT2D eigenvalue weighted by Gasteiger charge is 2.52. The molecule has 1 saturated heterocycles. The predicted octanol–water partition coefficient (Wildman–Crippen LogP) is 2.90. The number of nitrogens with zero attached hydrogens (tertiary/aromatic N) is 2. The van der Waals surface area contributed by atoms with Crippen molar-refractivity contribution < 1.29 is 14.3 Å². The van der Waals surface area contributed by atoms with Crippen LogP contribution < -0.4 is 5.73 Å². The van der Waals surface area contributed by atoms with E-state index < -0.39 is 5.60 Å². The molecule has 0 aromatic heterocycles. The average molecular weight is 366 g/mol. The molecule has 2 amide bonds. The number of nitrogens with two attached hydrogens (primary N) is 1. The number of carbonyl (C=O) groups is 2. The third-order valence-electron chi connectivity index (χ3n) is 6.74. The quantitative estimate of drug-likeness (QED) is 0.816. The van der Waals surface area contributed by atoms with Gasteiger partial charge in [-0.1, -0.05) is 0 Å². The first kappa shape index (κ1) is 19.5. The fourth-order valence-electron chi connectivity index (χ4n) is 4.81. The number of carbonyl (C=O) groups excluding carboxylic acids is 2. The second-order valence-corrected chi connectivity index (χ2v) is 9.76. The lowest BCUT2D eigenvalue weighted by atomic mass is 9.57. The highest BCUT2D eigenvalue weighted by Crippen LogP contribution is 2.52. The molecule has 4 fully saturated rings. The molecule has 6 heteroatoms. The summed E-state index contributed by atoms with van der Waals surface area (Å²) in [6.45, 7) is 7.09. The summed E-state index contributed by atoms with van der Waals surface area (Å²) in [5, 5.41) is 0. The number of likely N-dealkylation sites (tertiary alicyclic amines) is 1. The zero-order valence-electron chi connectivity index (χ0n) is 16.8. The number of hydrogen-bond donors (Lipinski definition) is 1. The summed E-state index contributed by atoms with van der Waals surface area (Å²) < 4.78 is 5.46. The van der Waals surface area contributed by atoms with E-state index in [-0.39, 0.29) is 23.1 Å². The van der Waals surface area contributed by atoms with Crippen molar-refractivity contribution >= 4 is 12.0 Å². The van der Waals surface area contributed by atoms with E-state index in [1.54, 1.807) is 11.9 Å². The van der Waals surface area contributed by atoms with Gasteiger partial charge in [-0.3, -0.25) is 4.79 Å². The van der Waals surface area contributed by atoms with Crippen molar-refractivity contribution in [2.45, 2.75) is 89.3 Å². The van der Waals surface area contributed by atoms with Crippen LogP contribution in [0.25, 0.3) is 0 Å². The molecule has 1 aliphatic heterocycles. The van der Waals surface area contributed by atoms with E-state index in [0.29, 0.717) is 5.91 Å². The van der Waals surface area contributed by atoms with E-state index in [1.165, 1.54) is 0 Å². The summed E-state index contributed by atoms with van der Waals surface area (Å²) in [5.74, 6) is 0.331. The van der Waals surface area contributed by atoms with Gasteiger partial charge in [0, 0.05) is 37.1 Å². The fraction of sp³-hybridized carbons (Fsp3) is 0.900. The van der Waals surface area contributed by atoms with Crippen LogP contribution in [0.4, 0.5) is 4.79 Å². The molecule has 6 nitrogen and oxygen atoms in total. The molecular weight excluding hydrogens is 330 g/mol. The summed E-state index contributed by atoms with van der Waals surface area (Å²) in [6, 6.07) is 0.140. The van der Waals surface area contributed by atoms with Gasteiger partial charge in [0.05, 0.1) is 0 Å². The van der Waals surface area contributed by atoms with Crippen LogP contribution in [0, 0.1) is 5.41 Å². The summed E-state index contributed by atoms with van der Waals surface area (Å²) in [5.41, 5.74) is 5.73. The van der Waals surface area contributed by atoms with Crippen molar-refractivity contribution in [3.63, 3.8) is 0 Å². The third-order valence-corrected chi connectivity index (χ3v) is 6.74.